The summed E-state index contributed by atoms with van der Waals surface area (Å²) in [6.07, 6.45) is 0. The third-order valence-corrected chi connectivity index (χ3v) is 3.69. The fourth-order valence-electron chi connectivity index (χ4n) is 2.28. The lowest BCUT2D eigenvalue weighted by molar-refractivity contribution is 0.142. The average Bonchev–Trinajstić information content (AvgIpc) is 2.44. The van der Waals surface area contributed by atoms with Crippen LogP contribution >= 0.6 is 0 Å². The van der Waals surface area contributed by atoms with Gasteiger partial charge in [-0.05, 0) is 19.4 Å². The second-order valence-corrected chi connectivity index (χ2v) is 4.87. The third kappa shape index (κ3) is 2.88. The minimum absolute atomic E-state index is 0.153. The topological polar surface area (TPSA) is 32.7 Å². The number of fused-ring (bicyclic) bond motifs is 1. The van der Waals surface area contributed by atoms with Gasteiger partial charge in [-0.25, -0.2) is 0 Å². The van der Waals surface area contributed by atoms with Crippen LogP contribution in [0.3, 0.4) is 0 Å². The van der Waals surface area contributed by atoms with Gasteiger partial charge in [0, 0.05) is 30.6 Å². The number of rotatable bonds is 5. The molecule has 2 aromatic carbocycles. The number of phenolic OH excluding ortho intramolecular Hbond substituents is 1. The number of methoxy groups -OCH3 is 1. The van der Waals surface area contributed by atoms with Gasteiger partial charge in [0.15, 0.2) is 0 Å². The van der Waals surface area contributed by atoms with Crippen LogP contribution in [0.25, 0.3) is 10.8 Å². The Balaban J connectivity index is 2.32. The molecule has 1 unspecified atom stereocenters. The number of likely N-dealkylation sites (N-methyl/N-ethyl adjacent to an activating group) is 1. The van der Waals surface area contributed by atoms with Crippen LogP contribution in [0.4, 0.5) is 0 Å². The zero-order valence-electron chi connectivity index (χ0n) is 11.8. The molecule has 0 bridgehead atoms. The Morgan fingerprint density at radius 3 is 2.68 bits per heavy atom. The van der Waals surface area contributed by atoms with E-state index in [1.54, 1.807) is 7.11 Å². The summed E-state index contributed by atoms with van der Waals surface area (Å²) in [6.45, 7) is 3.62. The van der Waals surface area contributed by atoms with Crippen molar-refractivity contribution in [3.63, 3.8) is 0 Å². The number of aromatic hydroxyl groups is 1. The molecule has 1 atom stereocenters. The van der Waals surface area contributed by atoms with E-state index in [4.69, 9.17) is 4.74 Å². The summed E-state index contributed by atoms with van der Waals surface area (Å²) >= 11 is 0. The van der Waals surface area contributed by atoms with Gasteiger partial charge in [-0.2, -0.15) is 0 Å². The van der Waals surface area contributed by atoms with Crippen LogP contribution in [0.15, 0.2) is 36.4 Å². The molecule has 19 heavy (non-hydrogen) atoms. The van der Waals surface area contributed by atoms with Gasteiger partial charge in [0.05, 0.1) is 6.61 Å². The molecule has 0 saturated heterocycles. The van der Waals surface area contributed by atoms with Gasteiger partial charge in [0.2, 0.25) is 0 Å². The van der Waals surface area contributed by atoms with Crippen molar-refractivity contribution in [2.75, 3.05) is 27.3 Å². The van der Waals surface area contributed by atoms with Crippen LogP contribution in [-0.4, -0.2) is 37.3 Å². The summed E-state index contributed by atoms with van der Waals surface area (Å²) in [5.41, 5.74) is 0.956. The van der Waals surface area contributed by atoms with Crippen molar-refractivity contribution in [3.05, 3.63) is 42.0 Å². The molecule has 3 nitrogen and oxygen atoms in total. The number of hydrogen-bond acceptors (Lipinski definition) is 3. The molecule has 0 fully saturated rings. The highest BCUT2D eigenvalue weighted by Gasteiger charge is 2.16. The van der Waals surface area contributed by atoms with E-state index < -0.39 is 0 Å². The highest BCUT2D eigenvalue weighted by molar-refractivity contribution is 5.89. The molecule has 2 aromatic rings. The molecule has 102 valence electrons. The maximum absolute atomic E-state index is 10.4. The summed E-state index contributed by atoms with van der Waals surface area (Å²) in [5, 5.41) is 12.4. The molecule has 0 spiro atoms. The first kappa shape index (κ1) is 13.8. The monoisotopic (exact) mass is 259 g/mol. The van der Waals surface area contributed by atoms with E-state index >= 15 is 0 Å². The summed E-state index contributed by atoms with van der Waals surface area (Å²) < 4.78 is 5.09. The lowest BCUT2D eigenvalue weighted by Crippen LogP contribution is -2.26. The second-order valence-electron chi connectivity index (χ2n) is 4.87. The summed E-state index contributed by atoms with van der Waals surface area (Å²) in [6, 6.07) is 12.1. The summed E-state index contributed by atoms with van der Waals surface area (Å²) in [7, 11) is 3.74. The average molecular weight is 259 g/mol. The largest absolute Gasteiger partial charge is 0.507 e. The number of phenols is 1. The first-order valence-electron chi connectivity index (χ1n) is 6.55. The molecule has 0 amide bonds. The van der Waals surface area contributed by atoms with E-state index in [0.29, 0.717) is 12.4 Å². The Labute approximate surface area is 114 Å². The van der Waals surface area contributed by atoms with Crippen molar-refractivity contribution in [3.8, 4) is 5.75 Å². The van der Waals surface area contributed by atoms with Gasteiger partial charge in [0.25, 0.3) is 0 Å². The molecule has 0 aliphatic carbocycles. The fourth-order valence-corrected chi connectivity index (χ4v) is 2.28. The number of benzene rings is 2. The van der Waals surface area contributed by atoms with E-state index in [-0.39, 0.29) is 6.04 Å². The molecule has 0 saturated carbocycles. The molecule has 0 heterocycles. The van der Waals surface area contributed by atoms with Crippen LogP contribution in [0.2, 0.25) is 0 Å². The number of hydrogen-bond donors (Lipinski definition) is 1. The van der Waals surface area contributed by atoms with Crippen LogP contribution in [0.5, 0.6) is 5.75 Å². The van der Waals surface area contributed by atoms with Gasteiger partial charge < -0.3 is 9.84 Å². The van der Waals surface area contributed by atoms with Crippen LogP contribution in [0, 0.1) is 0 Å². The Morgan fingerprint density at radius 2 is 1.95 bits per heavy atom. The standard InChI is InChI=1S/C16H21NO2/c1-12(17(2)10-11-19-3)14-9-8-13-6-4-5-7-15(13)16(14)18/h4-9,12,18H,10-11H2,1-3H3. The smallest absolute Gasteiger partial charge is 0.128 e. The molecule has 0 radical (unpaired) electrons. The van der Waals surface area contributed by atoms with Crippen molar-refractivity contribution >= 4 is 10.8 Å². The first-order valence-corrected chi connectivity index (χ1v) is 6.55. The van der Waals surface area contributed by atoms with Gasteiger partial charge in [-0.15, -0.1) is 0 Å². The van der Waals surface area contributed by atoms with Gasteiger partial charge in [-0.1, -0.05) is 36.4 Å². The van der Waals surface area contributed by atoms with Crippen molar-refractivity contribution in [2.45, 2.75) is 13.0 Å². The molecular formula is C16H21NO2. The Bertz CT molecular complexity index is 553. The van der Waals surface area contributed by atoms with Gasteiger partial charge in [-0.3, -0.25) is 4.90 Å². The fraction of sp³-hybridized carbons (Fsp3) is 0.375. The van der Waals surface area contributed by atoms with Gasteiger partial charge in [0.1, 0.15) is 5.75 Å². The molecular weight excluding hydrogens is 238 g/mol. The van der Waals surface area contributed by atoms with E-state index in [9.17, 15) is 5.11 Å². The quantitative estimate of drug-likeness (QED) is 0.895. The zero-order chi connectivity index (χ0) is 13.8. The molecule has 3 heteroatoms. The normalized spacial score (nSPS) is 13.1. The van der Waals surface area contributed by atoms with E-state index in [2.05, 4.69) is 17.9 Å². The van der Waals surface area contributed by atoms with Crippen molar-refractivity contribution in [1.29, 1.82) is 0 Å². The molecule has 0 aliphatic rings. The third-order valence-electron chi connectivity index (χ3n) is 3.69. The Morgan fingerprint density at radius 1 is 1.21 bits per heavy atom. The Kier molecular flexibility index (Phi) is 4.40. The summed E-state index contributed by atoms with van der Waals surface area (Å²) in [5.74, 6) is 0.384. The molecule has 2 rings (SSSR count). The lowest BCUT2D eigenvalue weighted by Gasteiger charge is -2.25. The Hall–Kier alpha value is -1.58. The first-order chi connectivity index (χ1) is 9.15. The predicted octanol–water partition coefficient (Wildman–Crippen LogP) is 3.18. The molecule has 0 aromatic heterocycles. The predicted molar refractivity (Wildman–Crippen MR) is 78.5 cm³/mol. The maximum Gasteiger partial charge on any atom is 0.128 e. The number of ether oxygens (including phenoxy) is 1. The lowest BCUT2D eigenvalue weighted by atomic mass is 10.0. The minimum atomic E-state index is 0.153. The van der Waals surface area contributed by atoms with E-state index in [1.165, 1.54) is 0 Å². The molecule has 0 aliphatic heterocycles. The molecule has 1 N–H and O–H groups in total. The number of nitrogens with zero attached hydrogens (tertiary/aromatic N) is 1. The SMILES string of the molecule is COCCN(C)C(C)c1ccc2ccccc2c1O. The highest BCUT2D eigenvalue weighted by Crippen LogP contribution is 2.34. The van der Waals surface area contributed by atoms with Crippen molar-refractivity contribution in [2.24, 2.45) is 0 Å². The van der Waals surface area contributed by atoms with Crippen molar-refractivity contribution < 1.29 is 9.84 Å². The van der Waals surface area contributed by atoms with Crippen LogP contribution in [0.1, 0.15) is 18.5 Å². The maximum atomic E-state index is 10.4. The van der Waals surface area contributed by atoms with Gasteiger partial charge >= 0.3 is 0 Å². The zero-order valence-corrected chi connectivity index (χ0v) is 11.8. The van der Waals surface area contributed by atoms with Crippen molar-refractivity contribution in [1.82, 2.24) is 4.90 Å². The van der Waals surface area contributed by atoms with E-state index in [1.807, 2.05) is 37.4 Å². The summed E-state index contributed by atoms with van der Waals surface area (Å²) in [4.78, 5) is 2.17. The van der Waals surface area contributed by atoms with E-state index in [0.717, 1.165) is 22.9 Å². The minimum Gasteiger partial charge on any atom is -0.507 e. The second kappa shape index (κ2) is 6.04. The van der Waals surface area contributed by atoms with Crippen LogP contribution in [-0.2, 0) is 4.74 Å². The highest BCUT2D eigenvalue weighted by atomic mass is 16.5. The van der Waals surface area contributed by atoms with Crippen LogP contribution < -0.4 is 0 Å².